The second-order valence-corrected chi connectivity index (χ2v) is 10.1. The zero-order valence-electron chi connectivity index (χ0n) is 23.6. The number of rotatable bonds is 11. The second kappa shape index (κ2) is 15.0. The Balaban J connectivity index is 1.64. The average molecular weight is 673 g/mol. The van der Waals surface area contributed by atoms with Gasteiger partial charge in [-0.05, 0) is 98.2 Å². The summed E-state index contributed by atoms with van der Waals surface area (Å²) in [6, 6.07) is 14.2. The molecule has 0 aliphatic heterocycles. The zero-order chi connectivity index (χ0) is 29.9. The van der Waals surface area contributed by atoms with Gasteiger partial charge in [0.1, 0.15) is 5.75 Å². The van der Waals surface area contributed by atoms with Crippen molar-refractivity contribution in [1.29, 1.82) is 0 Å². The van der Waals surface area contributed by atoms with Gasteiger partial charge in [0.15, 0.2) is 18.1 Å². The van der Waals surface area contributed by atoms with Gasteiger partial charge in [-0.15, -0.1) is 0 Å². The molecule has 0 saturated carbocycles. The number of para-hydroxylation sites is 2. The summed E-state index contributed by atoms with van der Waals surface area (Å²) in [4.78, 5) is 37.3. The van der Waals surface area contributed by atoms with E-state index in [0.29, 0.717) is 45.3 Å². The topological polar surface area (TPSA) is 127 Å². The molecule has 10 nitrogen and oxygen atoms in total. The Hall–Kier alpha value is -4.13. The van der Waals surface area contributed by atoms with Crippen molar-refractivity contribution in [2.24, 2.45) is 5.10 Å². The quantitative estimate of drug-likeness (QED) is 0.112. The Bertz CT molecular complexity index is 1430. The fraction of sp³-hybridized carbons (Fsp3) is 0.267. The highest BCUT2D eigenvalue weighted by atomic mass is 127. The van der Waals surface area contributed by atoms with Crippen LogP contribution in [0.4, 0.5) is 11.4 Å². The number of aryl methyl sites for hydroxylation is 3. The molecule has 216 valence electrons. The van der Waals surface area contributed by atoms with Crippen LogP contribution in [-0.4, -0.2) is 43.8 Å². The van der Waals surface area contributed by atoms with Crippen molar-refractivity contribution in [1.82, 2.24) is 5.43 Å². The molecule has 0 fully saturated rings. The molecule has 0 aliphatic rings. The lowest BCUT2D eigenvalue weighted by Crippen LogP contribution is -2.32. The third kappa shape index (κ3) is 8.93. The van der Waals surface area contributed by atoms with Crippen LogP contribution in [0.3, 0.4) is 0 Å². The standard InChI is InChI=1S/C30H33IN4O6/c1-6-39-24-11-9-8-10-23(24)33-29(37)30(38)35-32-16-21-14-22(31)28(25(15-21)40-7-2)41-17-26(36)34-27-19(4)12-18(3)13-20(27)5/h8-16H,6-7,17H2,1-5H3,(H,33,37)(H,34,36)(H,35,38)/b32-16-. The van der Waals surface area contributed by atoms with Gasteiger partial charge in [0.2, 0.25) is 0 Å². The van der Waals surface area contributed by atoms with Gasteiger partial charge in [0, 0.05) is 5.69 Å². The zero-order valence-corrected chi connectivity index (χ0v) is 25.7. The lowest BCUT2D eigenvalue weighted by molar-refractivity contribution is -0.136. The summed E-state index contributed by atoms with van der Waals surface area (Å²) in [5, 5.41) is 9.33. The van der Waals surface area contributed by atoms with Crippen LogP contribution in [0.2, 0.25) is 0 Å². The first kappa shape index (κ1) is 31.4. The molecule has 0 unspecified atom stereocenters. The average Bonchev–Trinajstić information content (AvgIpc) is 2.91. The predicted octanol–water partition coefficient (Wildman–Crippen LogP) is 5.12. The van der Waals surface area contributed by atoms with Gasteiger partial charge >= 0.3 is 11.8 Å². The Kier molecular flexibility index (Phi) is 11.5. The molecule has 0 aliphatic carbocycles. The van der Waals surface area contributed by atoms with Gasteiger partial charge in [-0.2, -0.15) is 5.10 Å². The maximum atomic E-state index is 12.7. The number of amides is 3. The molecule has 0 aromatic heterocycles. The molecule has 0 heterocycles. The van der Waals surface area contributed by atoms with E-state index in [9.17, 15) is 14.4 Å². The van der Waals surface area contributed by atoms with E-state index in [-0.39, 0.29) is 12.5 Å². The maximum absolute atomic E-state index is 12.7. The van der Waals surface area contributed by atoms with Crippen LogP contribution in [0.5, 0.6) is 17.2 Å². The highest BCUT2D eigenvalue weighted by Crippen LogP contribution is 2.34. The van der Waals surface area contributed by atoms with Crippen molar-refractivity contribution in [3.63, 3.8) is 0 Å². The van der Waals surface area contributed by atoms with E-state index in [1.807, 2.05) is 46.8 Å². The third-order valence-electron chi connectivity index (χ3n) is 5.64. The summed E-state index contributed by atoms with van der Waals surface area (Å²) >= 11 is 2.07. The fourth-order valence-corrected chi connectivity index (χ4v) is 4.78. The van der Waals surface area contributed by atoms with Gasteiger partial charge in [-0.25, -0.2) is 5.43 Å². The van der Waals surface area contributed by atoms with Crippen LogP contribution < -0.4 is 30.3 Å². The van der Waals surface area contributed by atoms with E-state index in [4.69, 9.17) is 14.2 Å². The molecule has 3 aromatic rings. The van der Waals surface area contributed by atoms with Crippen molar-refractivity contribution in [2.45, 2.75) is 34.6 Å². The number of carbonyl (C=O) groups is 3. The number of nitrogens with zero attached hydrogens (tertiary/aromatic N) is 1. The SMILES string of the molecule is CCOc1ccccc1NC(=O)C(=O)N/N=C\c1cc(I)c(OCC(=O)Nc2c(C)cc(C)cc2C)c(OCC)c1. The van der Waals surface area contributed by atoms with Gasteiger partial charge in [-0.3, -0.25) is 14.4 Å². The lowest BCUT2D eigenvalue weighted by Gasteiger charge is -2.16. The number of carbonyl (C=O) groups excluding carboxylic acids is 3. The molecule has 3 rings (SSSR count). The summed E-state index contributed by atoms with van der Waals surface area (Å²) in [6.07, 6.45) is 1.38. The van der Waals surface area contributed by atoms with E-state index < -0.39 is 11.8 Å². The van der Waals surface area contributed by atoms with Crippen LogP contribution in [0.25, 0.3) is 0 Å². The first-order chi connectivity index (χ1) is 19.6. The molecule has 3 aromatic carbocycles. The first-order valence-corrected chi connectivity index (χ1v) is 14.0. The number of hydrogen-bond acceptors (Lipinski definition) is 7. The first-order valence-electron chi connectivity index (χ1n) is 13.0. The number of hydrazone groups is 1. The molecule has 0 spiro atoms. The Morgan fingerprint density at radius 1 is 0.854 bits per heavy atom. The van der Waals surface area contributed by atoms with Gasteiger partial charge in [0.05, 0.1) is 28.7 Å². The van der Waals surface area contributed by atoms with Gasteiger partial charge in [0.25, 0.3) is 5.91 Å². The largest absolute Gasteiger partial charge is 0.492 e. The van der Waals surface area contributed by atoms with E-state index >= 15 is 0 Å². The van der Waals surface area contributed by atoms with Crippen LogP contribution >= 0.6 is 22.6 Å². The number of nitrogens with one attached hydrogen (secondary N) is 3. The molecular weight excluding hydrogens is 639 g/mol. The van der Waals surface area contributed by atoms with Crippen molar-refractivity contribution in [2.75, 3.05) is 30.5 Å². The molecule has 0 bridgehead atoms. The Morgan fingerprint density at radius 3 is 2.20 bits per heavy atom. The predicted molar refractivity (Wildman–Crippen MR) is 167 cm³/mol. The van der Waals surface area contributed by atoms with Gasteiger partial charge < -0.3 is 24.8 Å². The normalized spacial score (nSPS) is 10.7. The van der Waals surface area contributed by atoms with E-state index in [1.54, 1.807) is 36.4 Å². The van der Waals surface area contributed by atoms with Crippen LogP contribution in [-0.2, 0) is 14.4 Å². The lowest BCUT2D eigenvalue weighted by atomic mass is 10.1. The van der Waals surface area contributed by atoms with Gasteiger partial charge in [-0.1, -0.05) is 29.8 Å². The maximum Gasteiger partial charge on any atom is 0.329 e. The van der Waals surface area contributed by atoms with Crippen LogP contribution in [0.1, 0.15) is 36.1 Å². The molecule has 0 atom stereocenters. The molecule has 41 heavy (non-hydrogen) atoms. The number of ether oxygens (including phenoxy) is 3. The number of hydrogen-bond donors (Lipinski definition) is 3. The second-order valence-electron chi connectivity index (χ2n) is 8.96. The molecular formula is C30H33IN4O6. The Morgan fingerprint density at radius 2 is 1.51 bits per heavy atom. The number of halogens is 1. The Labute approximate surface area is 253 Å². The monoisotopic (exact) mass is 672 g/mol. The third-order valence-corrected chi connectivity index (χ3v) is 6.44. The summed E-state index contributed by atoms with van der Waals surface area (Å²) in [5.74, 6) is -0.859. The summed E-state index contributed by atoms with van der Waals surface area (Å²) in [6.45, 7) is 10.1. The highest BCUT2D eigenvalue weighted by Gasteiger charge is 2.17. The van der Waals surface area contributed by atoms with Crippen LogP contribution in [0, 0.1) is 24.3 Å². The van der Waals surface area contributed by atoms with Crippen molar-refractivity contribution in [3.05, 3.63) is 74.4 Å². The van der Waals surface area contributed by atoms with E-state index in [1.165, 1.54) is 6.21 Å². The van der Waals surface area contributed by atoms with Crippen molar-refractivity contribution < 1.29 is 28.6 Å². The fourth-order valence-electron chi connectivity index (χ4n) is 4.00. The number of anilines is 2. The summed E-state index contributed by atoms with van der Waals surface area (Å²) in [5.41, 5.74) is 7.02. The molecule has 0 saturated heterocycles. The van der Waals surface area contributed by atoms with Crippen molar-refractivity contribution in [3.8, 4) is 17.2 Å². The molecule has 3 amide bonds. The number of benzene rings is 3. The molecule has 0 radical (unpaired) electrons. The van der Waals surface area contributed by atoms with Crippen LogP contribution in [0.15, 0.2) is 53.6 Å². The summed E-state index contributed by atoms with van der Waals surface area (Å²) in [7, 11) is 0. The molecule has 3 N–H and O–H groups in total. The smallest absolute Gasteiger partial charge is 0.329 e. The summed E-state index contributed by atoms with van der Waals surface area (Å²) < 4.78 is 17.7. The minimum Gasteiger partial charge on any atom is -0.492 e. The van der Waals surface area contributed by atoms with Crippen molar-refractivity contribution >= 4 is 57.9 Å². The minimum atomic E-state index is -0.947. The minimum absolute atomic E-state index is 0.214. The van der Waals surface area contributed by atoms with E-state index in [2.05, 4.69) is 43.8 Å². The highest BCUT2D eigenvalue weighted by molar-refractivity contribution is 14.1. The van der Waals surface area contributed by atoms with E-state index in [0.717, 1.165) is 22.4 Å². The molecule has 11 heteroatoms.